The van der Waals surface area contributed by atoms with Gasteiger partial charge < -0.3 is 15.5 Å². The first-order valence-corrected chi connectivity index (χ1v) is 10.1. The second-order valence-electron chi connectivity index (χ2n) is 7.83. The summed E-state index contributed by atoms with van der Waals surface area (Å²) < 4.78 is 1.74. The van der Waals surface area contributed by atoms with E-state index >= 15 is 0 Å². The number of hydrogen-bond donors (Lipinski definition) is 2. The topological polar surface area (TPSA) is 95.4 Å². The highest BCUT2D eigenvalue weighted by Crippen LogP contribution is 2.31. The van der Waals surface area contributed by atoms with Crippen molar-refractivity contribution >= 4 is 11.8 Å². The van der Waals surface area contributed by atoms with E-state index in [0.717, 1.165) is 71.5 Å². The smallest absolute Gasteiger partial charge is 0.273 e. The molecule has 0 aromatic carbocycles. The Morgan fingerprint density at radius 2 is 1.96 bits per heavy atom. The van der Waals surface area contributed by atoms with Crippen molar-refractivity contribution in [1.82, 2.24) is 35.4 Å². The lowest BCUT2D eigenvalue weighted by Crippen LogP contribution is -2.50. The van der Waals surface area contributed by atoms with Crippen LogP contribution < -0.4 is 10.6 Å². The summed E-state index contributed by atoms with van der Waals surface area (Å²) in [5.74, 6) is 0.289. The van der Waals surface area contributed by atoms with Crippen LogP contribution in [0.5, 0.6) is 0 Å². The first kappa shape index (κ1) is 18.4. The Labute approximate surface area is 159 Å². The van der Waals surface area contributed by atoms with Gasteiger partial charge in [0.25, 0.3) is 5.91 Å². The minimum Gasteiger partial charge on any atom is -0.346 e. The largest absolute Gasteiger partial charge is 0.346 e. The number of aromatic nitrogens is 3. The molecule has 27 heavy (non-hydrogen) atoms. The van der Waals surface area contributed by atoms with Gasteiger partial charge in [-0.1, -0.05) is 5.21 Å². The highest BCUT2D eigenvalue weighted by Gasteiger charge is 2.35. The van der Waals surface area contributed by atoms with Crippen molar-refractivity contribution in [3.63, 3.8) is 0 Å². The molecule has 3 fully saturated rings. The molecule has 3 aliphatic rings. The molecule has 1 saturated carbocycles. The summed E-state index contributed by atoms with van der Waals surface area (Å²) in [5.41, 5.74) is 0.348. The van der Waals surface area contributed by atoms with Gasteiger partial charge in [0.15, 0.2) is 5.69 Å². The van der Waals surface area contributed by atoms with E-state index in [1.165, 1.54) is 0 Å². The minimum atomic E-state index is -0.200. The third kappa shape index (κ3) is 4.84. The second-order valence-corrected chi connectivity index (χ2v) is 7.83. The Hall–Kier alpha value is -2.00. The minimum absolute atomic E-state index is 0.0000464. The van der Waals surface area contributed by atoms with Crippen LogP contribution in [0.25, 0.3) is 0 Å². The Kier molecular flexibility index (Phi) is 5.68. The average Bonchev–Trinajstić information content (AvgIpc) is 3.44. The molecule has 0 radical (unpaired) electrons. The molecule has 9 heteroatoms. The number of carbonyl (C=O) groups excluding carboxylic acids is 2. The molecule has 9 nitrogen and oxygen atoms in total. The molecule has 0 spiro atoms. The van der Waals surface area contributed by atoms with Crippen LogP contribution in [0.1, 0.15) is 36.2 Å². The van der Waals surface area contributed by atoms with E-state index in [1.54, 1.807) is 10.9 Å². The molecule has 2 N–H and O–H groups in total. The molecule has 4 rings (SSSR count). The molecule has 1 aliphatic carbocycles. The molecule has 2 aliphatic heterocycles. The van der Waals surface area contributed by atoms with Gasteiger partial charge >= 0.3 is 0 Å². The number of rotatable bonds is 6. The van der Waals surface area contributed by atoms with Crippen LogP contribution in [0.3, 0.4) is 0 Å². The molecular weight excluding hydrogens is 346 g/mol. The molecule has 2 saturated heterocycles. The molecule has 0 unspecified atom stereocenters. The highest BCUT2D eigenvalue weighted by atomic mass is 16.2. The van der Waals surface area contributed by atoms with Crippen LogP contribution in [0.2, 0.25) is 0 Å². The predicted molar refractivity (Wildman–Crippen MR) is 99.1 cm³/mol. The monoisotopic (exact) mass is 375 g/mol. The molecular formula is C18H29N7O2. The van der Waals surface area contributed by atoms with Crippen molar-refractivity contribution in [2.75, 3.05) is 45.8 Å². The van der Waals surface area contributed by atoms with E-state index < -0.39 is 0 Å². The molecule has 0 bridgehead atoms. The van der Waals surface area contributed by atoms with Gasteiger partial charge in [0.05, 0.1) is 12.7 Å². The van der Waals surface area contributed by atoms with Crippen LogP contribution in [0.15, 0.2) is 6.20 Å². The van der Waals surface area contributed by atoms with Gasteiger partial charge in [0.1, 0.15) is 0 Å². The Balaban J connectivity index is 1.25. The molecule has 1 aromatic heterocycles. The first-order chi connectivity index (χ1) is 13.2. The van der Waals surface area contributed by atoms with Crippen LogP contribution in [-0.2, 0) is 11.3 Å². The average molecular weight is 375 g/mol. The lowest BCUT2D eigenvalue weighted by molar-refractivity contribution is -0.133. The Morgan fingerprint density at radius 3 is 2.74 bits per heavy atom. The summed E-state index contributed by atoms with van der Waals surface area (Å²) >= 11 is 0. The summed E-state index contributed by atoms with van der Waals surface area (Å²) in [6.07, 6.45) is 5.58. The highest BCUT2D eigenvalue weighted by molar-refractivity contribution is 5.92. The maximum atomic E-state index is 12.5. The maximum absolute atomic E-state index is 12.5. The molecule has 3 heterocycles. The van der Waals surface area contributed by atoms with Crippen molar-refractivity contribution in [1.29, 1.82) is 0 Å². The standard InChI is InChI=1S/C18H29N7O2/c26-17(20-15-2-1-7-24(12-15)18(27)14-3-4-14)16-13-25(22-21-16)11-10-23-8-5-19-6-9-23/h13-15,19H,1-12H2,(H,20,26)/t15-/m1/s1. The normalized spacial score (nSPS) is 24.0. The van der Waals surface area contributed by atoms with Crippen molar-refractivity contribution in [3.05, 3.63) is 11.9 Å². The van der Waals surface area contributed by atoms with Crippen LogP contribution in [-0.4, -0.2) is 88.5 Å². The third-order valence-electron chi connectivity index (χ3n) is 5.62. The maximum Gasteiger partial charge on any atom is 0.273 e. The molecule has 1 aromatic rings. The zero-order chi connectivity index (χ0) is 18.6. The third-order valence-corrected chi connectivity index (χ3v) is 5.62. The molecule has 148 valence electrons. The van der Waals surface area contributed by atoms with Crippen LogP contribution in [0.4, 0.5) is 0 Å². The Bertz CT molecular complexity index is 666. The van der Waals surface area contributed by atoms with E-state index in [0.29, 0.717) is 12.2 Å². The van der Waals surface area contributed by atoms with Crippen LogP contribution in [0, 0.1) is 5.92 Å². The number of piperazine rings is 1. The summed E-state index contributed by atoms with van der Waals surface area (Å²) in [6.45, 7) is 7.18. The first-order valence-electron chi connectivity index (χ1n) is 10.1. The molecule has 2 amide bonds. The number of amides is 2. The van der Waals surface area contributed by atoms with Crippen molar-refractivity contribution < 1.29 is 9.59 Å². The molecule has 1 atom stereocenters. The number of nitrogens with one attached hydrogen (secondary N) is 2. The van der Waals surface area contributed by atoms with E-state index in [1.807, 2.05) is 4.90 Å². The summed E-state index contributed by atoms with van der Waals surface area (Å²) in [7, 11) is 0. The fraction of sp³-hybridized carbons (Fsp3) is 0.778. The lowest BCUT2D eigenvalue weighted by atomic mass is 10.0. The van der Waals surface area contributed by atoms with Gasteiger partial charge in [-0.25, -0.2) is 0 Å². The quantitative estimate of drug-likeness (QED) is 0.684. The number of carbonyl (C=O) groups is 2. The number of likely N-dealkylation sites (tertiary alicyclic amines) is 1. The van der Waals surface area contributed by atoms with Gasteiger partial charge in [0, 0.05) is 57.8 Å². The zero-order valence-electron chi connectivity index (χ0n) is 15.8. The van der Waals surface area contributed by atoms with Gasteiger partial charge in [-0.3, -0.25) is 19.2 Å². The van der Waals surface area contributed by atoms with E-state index in [2.05, 4.69) is 25.8 Å². The van der Waals surface area contributed by atoms with Crippen molar-refractivity contribution in [2.45, 2.75) is 38.3 Å². The SMILES string of the molecule is O=C(N[C@@H]1CCCN(C(=O)C2CC2)C1)c1cn(CCN2CCNCC2)nn1. The van der Waals surface area contributed by atoms with Crippen molar-refractivity contribution in [3.8, 4) is 0 Å². The second kappa shape index (κ2) is 8.35. The van der Waals surface area contributed by atoms with Crippen molar-refractivity contribution in [2.24, 2.45) is 5.92 Å². The fourth-order valence-corrected chi connectivity index (χ4v) is 3.83. The lowest BCUT2D eigenvalue weighted by Gasteiger charge is -2.33. The number of piperidine rings is 1. The zero-order valence-corrected chi connectivity index (χ0v) is 15.8. The van der Waals surface area contributed by atoms with E-state index in [4.69, 9.17) is 0 Å². The summed E-state index contributed by atoms with van der Waals surface area (Å²) in [6, 6.07) is -0.0000464. The Morgan fingerprint density at radius 1 is 1.15 bits per heavy atom. The van der Waals surface area contributed by atoms with Gasteiger partial charge in [0.2, 0.25) is 5.91 Å². The number of hydrogen-bond acceptors (Lipinski definition) is 6. The van der Waals surface area contributed by atoms with E-state index in [-0.39, 0.29) is 23.8 Å². The van der Waals surface area contributed by atoms with Gasteiger partial charge in [-0.15, -0.1) is 5.10 Å². The van der Waals surface area contributed by atoms with Gasteiger partial charge in [-0.2, -0.15) is 0 Å². The van der Waals surface area contributed by atoms with Gasteiger partial charge in [-0.05, 0) is 25.7 Å². The van der Waals surface area contributed by atoms with E-state index in [9.17, 15) is 9.59 Å². The van der Waals surface area contributed by atoms with Crippen LogP contribution >= 0.6 is 0 Å². The fourth-order valence-electron chi connectivity index (χ4n) is 3.83. The summed E-state index contributed by atoms with van der Waals surface area (Å²) in [5, 5.41) is 14.5. The number of nitrogens with zero attached hydrogens (tertiary/aromatic N) is 5. The predicted octanol–water partition coefficient (Wildman–Crippen LogP) is -0.686. The summed E-state index contributed by atoms with van der Waals surface area (Å²) in [4.78, 5) is 29.0.